The van der Waals surface area contributed by atoms with Crippen LogP contribution >= 0.6 is 0 Å². The average molecular weight is 268 g/mol. The molecule has 0 fully saturated rings. The van der Waals surface area contributed by atoms with Crippen LogP contribution in [0.25, 0.3) is 11.0 Å². The molecule has 98 valence electrons. The smallest absolute Gasteiger partial charge is 0.300 e. The lowest BCUT2D eigenvalue weighted by Crippen LogP contribution is -1.90. The number of aromatic amines is 1. The topological polar surface area (TPSA) is 87.7 Å². The molecule has 0 amide bonds. The molecule has 0 atom stereocenters. The number of hydrogen-bond acceptors (Lipinski definition) is 4. The first-order valence-electron chi connectivity index (χ1n) is 5.78. The van der Waals surface area contributed by atoms with Crippen LogP contribution in [0, 0.1) is 17.1 Å². The van der Waals surface area contributed by atoms with E-state index in [2.05, 4.69) is 9.97 Å². The van der Waals surface area contributed by atoms with Crippen LogP contribution in [0.3, 0.4) is 0 Å². The molecule has 0 saturated heterocycles. The van der Waals surface area contributed by atoms with Gasteiger partial charge in [0, 0.05) is 5.69 Å². The van der Waals surface area contributed by atoms with Crippen LogP contribution in [0.2, 0.25) is 0 Å². The predicted molar refractivity (Wildman–Crippen MR) is 71.7 cm³/mol. The van der Waals surface area contributed by atoms with Crippen molar-refractivity contribution in [3.8, 4) is 17.8 Å². The van der Waals surface area contributed by atoms with Crippen LogP contribution in [-0.2, 0) is 0 Å². The molecule has 0 saturated carbocycles. The second-order valence-corrected chi connectivity index (χ2v) is 4.18. The summed E-state index contributed by atoms with van der Waals surface area (Å²) >= 11 is 0. The van der Waals surface area contributed by atoms with Gasteiger partial charge in [-0.1, -0.05) is 0 Å². The van der Waals surface area contributed by atoms with Crippen molar-refractivity contribution in [3.05, 3.63) is 47.8 Å². The summed E-state index contributed by atoms with van der Waals surface area (Å²) in [6.07, 6.45) is 0. The summed E-state index contributed by atoms with van der Waals surface area (Å²) in [7, 11) is 0. The maximum atomic E-state index is 13.7. The van der Waals surface area contributed by atoms with Gasteiger partial charge in [-0.25, -0.2) is 4.39 Å². The van der Waals surface area contributed by atoms with Crippen molar-refractivity contribution >= 4 is 16.7 Å². The number of nitrogens with one attached hydrogen (secondary N) is 1. The number of nitriles is 1. The summed E-state index contributed by atoms with van der Waals surface area (Å²) in [6, 6.07) is 11.1. The minimum Gasteiger partial charge on any atom is -0.422 e. The van der Waals surface area contributed by atoms with Gasteiger partial charge < -0.3 is 15.5 Å². The Labute approximate surface area is 113 Å². The number of hydrogen-bond donors (Lipinski definition) is 2. The van der Waals surface area contributed by atoms with Crippen molar-refractivity contribution in [1.29, 1.82) is 5.26 Å². The number of anilines is 1. The molecule has 6 heteroatoms. The third kappa shape index (κ3) is 2.12. The van der Waals surface area contributed by atoms with Crippen LogP contribution in [-0.4, -0.2) is 9.97 Å². The van der Waals surface area contributed by atoms with Crippen LogP contribution in [0.15, 0.2) is 36.4 Å². The van der Waals surface area contributed by atoms with E-state index < -0.39 is 5.82 Å². The lowest BCUT2D eigenvalue weighted by Gasteiger charge is -2.02. The van der Waals surface area contributed by atoms with Crippen molar-refractivity contribution in [2.75, 3.05) is 5.73 Å². The molecule has 20 heavy (non-hydrogen) atoms. The monoisotopic (exact) mass is 268 g/mol. The van der Waals surface area contributed by atoms with Crippen molar-refractivity contribution in [2.45, 2.75) is 0 Å². The molecule has 3 N–H and O–H groups in total. The summed E-state index contributed by atoms with van der Waals surface area (Å²) in [6.45, 7) is 0. The second-order valence-electron chi connectivity index (χ2n) is 4.18. The number of rotatable bonds is 2. The molecule has 1 heterocycles. The molecule has 0 unspecified atom stereocenters. The van der Waals surface area contributed by atoms with Gasteiger partial charge in [0.2, 0.25) is 0 Å². The highest BCUT2D eigenvalue weighted by Gasteiger charge is 2.09. The first-order valence-corrected chi connectivity index (χ1v) is 5.78. The van der Waals surface area contributed by atoms with E-state index in [9.17, 15) is 4.39 Å². The Balaban J connectivity index is 1.95. The summed E-state index contributed by atoms with van der Waals surface area (Å²) in [5.74, 6) is -0.625. The zero-order valence-electron chi connectivity index (χ0n) is 10.2. The minimum atomic E-state index is -0.621. The first kappa shape index (κ1) is 12.0. The maximum Gasteiger partial charge on any atom is 0.300 e. The number of aromatic nitrogens is 2. The molecule has 0 radical (unpaired) electrons. The Morgan fingerprint density at radius 3 is 2.85 bits per heavy atom. The summed E-state index contributed by atoms with van der Waals surface area (Å²) in [4.78, 5) is 7.06. The molecule has 1 aromatic heterocycles. The van der Waals surface area contributed by atoms with Gasteiger partial charge in [0.25, 0.3) is 6.01 Å². The molecule has 3 aromatic rings. The van der Waals surface area contributed by atoms with E-state index in [-0.39, 0.29) is 17.3 Å². The number of fused-ring (bicyclic) bond motifs is 1. The molecule has 5 nitrogen and oxygen atoms in total. The number of nitrogens with two attached hydrogens (primary N) is 1. The number of imidazole rings is 1. The first-order chi connectivity index (χ1) is 9.65. The zero-order chi connectivity index (χ0) is 14.1. The highest BCUT2D eigenvalue weighted by Crippen LogP contribution is 2.25. The van der Waals surface area contributed by atoms with E-state index in [1.165, 1.54) is 12.1 Å². The number of halogens is 1. The van der Waals surface area contributed by atoms with Crippen LogP contribution in [0.1, 0.15) is 5.56 Å². The van der Waals surface area contributed by atoms with Gasteiger partial charge in [-0.05, 0) is 36.4 Å². The van der Waals surface area contributed by atoms with Crippen molar-refractivity contribution < 1.29 is 9.13 Å². The van der Waals surface area contributed by atoms with Crippen molar-refractivity contribution in [2.24, 2.45) is 0 Å². The maximum absolute atomic E-state index is 13.7. The normalized spacial score (nSPS) is 10.4. The highest BCUT2D eigenvalue weighted by atomic mass is 19.1. The van der Waals surface area contributed by atoms with Gasteiger partial charge in [0.15, 0.2) is 11.6 Å². The largest absolute Gasteiger partial charge is 0.422 e. The lowest BCUT2D eigenvalue weighted by molar-refractivity contribution is 0.416. The van der Waals surface area contributed by atoms with Crippen LogP contribution < -0.4 is 10.5 Å². The van der Waals surface area contributed by atoms with Gasteiger partial charge in [0.1, 0.15) is 0 Å². The Bertz CT molecular complexity index is 835. The van der Waals surface area contributed by atoms with E-state index in [4.69, 9.17) is 15.7 Å². The molecule has 2 aromatic carbocycles. The summed E-state index contributed by atoms with van der Waals surface area (Å²) in [5, 5.41) is 8.68. The van der Waals surface area contributed by atoms with Gasteiger partial charge in [-0.15, -0.1) is 0 Å². The zero-order valence-corrected chi connectivity index (χ0v) is 10.2. The average Bonchev–Trinajstić information content (AvgIpc) is 2.82. The number of nitrogens with zero attached hydrogens (tertiary/aromatic N) is 2. The molecular weight excluding hydrogens is 259 g/mol. The predicted octanol–water partition coefficient (Wildman–Crippen LogP) is 2.95. The van der Waals surface area contributed by atoms with E-state index in [1.54, 1.807) is 18.2 Å². The Kier molecular flexibility index (Phi) is 2.73. The quantitative estimate of drug-likeness (QED) is 0.699. The fourth-order valence-corrected chi connectivity index (χ4v) is 1.81. The van der Waals surface area contributed by atoms with Gasteiger partial charge in [-0.2, -0.15) is 10.2 Å². The minimum absolute atomic E-state index is 0.00368. The number of nitrogen functional groups attached to an aromatic ring is 1. The van der Waals surface area contributed by atoms with E-state index in [0.717, 1.165) is 6.07 Å². The van der Waals surface area contributed by atoms with Crippen LogP contribution in [0.4, 0.5) is 10.1 Å². The molecule has 0 bridgehead atoms. The highest BCUT2D eigenvalue weighted by molar-refractivity contribution is 5.79. The Morgan fingerprint density at radius 1 is 1.25 bits per heavy atom. The standard InChI is InChI=1S/C14H9FN4O/c15-10-5-8(7-16)1-4-13(10)20-14-18-11-3-2-9(17)6-12(11)19-14/h1-6H,17H2,(H,18,19). The van der Waals surface area contributed by atoms with Gasteiger partial charge in [0.05, 0.1) is 22.7 Å². The number of benzene rings is 2. The van der Waals surface area contributed by atoms with Crippen molar-refractivity contribution in [3.63, 3.8) is 0 Å². The van der Waals surface area contributed by atoms with E-state index in [1.807, 2.05) is 6.07 Å². The fraction of sp³-hybridized carbons (Fsp3) is 0. The lowest BCUT2D eigenvalue weighted by atomic mass is 10.2. The Hall–Kier alpha value is -3.07. The van der Waals surface area contributed by atoms with Crippen molar-refractivity contribution in [1.82, 2.24) is 9.97 Å². The van der Waals surface area contributed by atoms with Gasteiger partial charge in [-0.3, -0.25) is 0 Å². The summed E-state index contributed by atoms with van der Waals surface area (Å²) in [5.41, 5.74) is 7.86. The van der Waals surface area contributed by atoms with E-state index in [0.29, 0.717) is 16.7 Å². The fourth-order valence-electron chi connectivity index (χ4n) is 1.81. The number of ether oxygens (including phenoxy) is 1. The number of H-pyrrole nitrogens is 1. The molecule has 0 spiro atoms. The Morgan fingerprint density at radius 2 is 2.10 bits per heavy atom. The molecule has 0 aliphatic heterocycles. The van der Waals surface area contributed by atoms with Crippen LogP contribution in [0.5, 0.6) is 11.8 Å². The van der Waals surface area contributed by atoms with Gasteiger partial charge >= 0.3 is 0 Å². The third-order valence-corrected chi connectivity index (χ3v) is 2.75. The molecule has 0 aliphatic carbocycles. The SMILES string of the molecule is N#Cc1ccc(Oc2nc3ccc(N)cc3[nH]2)c(F)c1. The molecular formula is C14H9FN4O. The second kappa shape index (κ2) is 4.55. The summed E-state index contributed by atoms with van der Waals surface area (Å²) < 4.78 is 19.0. The molecule has 3 rings (SSSR count). The third-order valence-electron chi connectivity index (χ3n) is 2.75. The van der Waals surface area contributed by atoms with E-state index >= 15 is 0 Å². The molecule has 0 aliphatic rings.